The van der Waals surface area contributed by atoms with E-state index in [1.54, 1.807) is 0 Å². The average Bonchev–Trinajstić information content (AvgIpc) is 3.28. The van der Waals surface area contributed by atoms with Gasteiger partial charge in [-0.25, -0.2) is 4.98 Å². The van der Waals surface area contributed by atoms with Gasteiger partial charge in [0.25, 0.3) is 0 Å². The first-order chi connectivity index (χ1) is 13.6. The smallest absolute Gasteiger partial charge is 0.163 e. The van der Waals surface area contributed by atoms with E-state index in [2.05, 4.69) is 29.6 Å². The van der Waals surface area contributed by atoms with Gasteiger partial charge >= 0.3 is 0 Å². The summed E-state index contributed by atoms with van der Waals surface area (Å²) >= 11 is 0. The van der Waals surface area contributed by atoms with Crippen LogP contribution in [-0.2, 0) is 6.54 Å². The van der Waals surface area contributed by atoms with Crippen molar-refractivity contribution in [3.05, 3.63) is 41.5 Å². The minimum absolute atomic E-state index is 0.358. The van der Waals surface area contributed by atoms with E-state index in [-0.39, 0.29) is 0 Å². The number of hydrogen-bond donors (Lipinski definition) is 3. The molecular formula is C21H32N6O. The van der Waals surface area contributed by atoms with Crippen molar-refractivity contribution in [3.63, 3.8) is 0 Å². The fraction of sp³-hybridized carbons (Fsp3) is 0.524. The first-order valence-electron chi connectivity index (χ1n) is 10.2. The fourth-order valence-corrected chi connectivity index (χ4v) is 3.20. The van der Waals surface area contributed by atoms with Crippen LogP contribution in [0.1, 0.15) is 62.5 Å². The lowest BCUT2D eigenvalue weighted by atomic mass is 10.1. The highest BCUT2D eigenvalue weighted by Gasteiger charge is 2.14. The van der Waals surface area contributed by atoms with Crippen LogP contribution >= 0.6 is 0 Å². The van der Waals surface area contributed by atoms with Crippen molar-refractivity contribution in [2.24, 2.45) is 5.73 Å². The lowest BCUT2D eigenvalue weighted by Gasteiger charge is -2.12. The monoisotopic (exact) mass is 384 g/mol. The third-order valence-corrected chi connectivity index (χ3v) is 4.80. The number of hydrogen-bond acceptors (Lipinski definition) is 6. The second-order valence-corrected chi connectivity index (χ2v) is 7.51. The first-order valence-corrected chi connectivity index (χ1v) is 10.2. The Balaban J connectivity index is 1.75. The molecule has 0 amide bonds. The summed E-state index contributed by atoms with van der Waals surface area (Å²) < 4.78 is 7.54. The summed E-state index contributed by atoms with van der Waals surface area (Å²) in [6, 6.07) is 5.98. The average molecular weight is 385 g/mol. The third-order valence-electron chi connectivity index (χ3n) is 4.80. The van der Waals surface area contributed by atoms with E-state index >= 15 is 0 Å². The molecule has 0 fully saturated rings. The highest BCUT2D eigenvalue weighted by atomic mass is 16.3. The van der Waals surface area contributed by atoms with E-state index in [9.17, 15) is 0 Å². The van der Waals surface area contributed by atoms with Gasteiger partial charge in [0.05, 0.1) is 12.7 Å². The summed E-state index contributed by atoms with van der Waals surface area (Å²) in [5.41, 5.74) is 7.59. The molecular weight excluding hydrogens is 352 g/mol. The Labute approximate surface area is 166 Å². The van der Waals surface area contributed by atoms with Crippen LogP contribution in [0.4, 0.5) is 11.6 Å². The lowest BCUT2D eigenvalue weighted by molar-refractivity contribution is 0.490. The predicted molar refractivity (Wildman–Crippen MR) is 114 cm³/mol. The maximum absolute atomic E-state index is 5.67. The largest absolute Gasteiger partial charge is 0.465 e. The van der Waals surface area contributed by atoms with Crippen molar-refractivity contribution >= 4 is 17.3 Å². The van der Waals surface area contributed by atoms with Gasteiger partial charge < -0.3 is 20.8 Å². The van der Waals surface area contributed by atoms with Crippen LogP contribution in [0.3, 0.4) is 0 Å². The molecule has 3 aromatic rings. The van der Waals surface area contributed by atoms with Crippen LogP contribution in [0.15, 0.2) is 28.8 Å². The number of rotatable bonds is 11. The molecule has 3 rings (SSSR count). The number of aryl methyl sites for hydroxylation is 1. The Morgan fingerprint density at radius 3 is 2.68 bits per heavy atom. The molecule has 7 heteroatoms. The van der Waals surface area contributed by atoms with Crippen molar-refractivity contribution in [3.8, 4) is 0 Å². The number of nitrogens with zero attached hydrogens (tertiary/aromatic N) is 3. The molecule has 152 valence electrons. The molecule has 0 bridgehead atoms. The Morgan fingerprint density at radius 1 is 1.14 bits per heavy atom. The number of furan rings is 1. The molecule has 0 unspecified atom stereocenters. The first kappa shape index (κ1) is 20.2. The Bertz CT molecular complexity index is 882. The number of nitrogens with one attached hydrogen (secondary N) is 2. The molecule has 7 nitrogen and oxygen atoms in total. The zero-order valence-electron chi connectivity index (χ0n) is 17.2. The maximum atomic E-state index is 5.67. The Hall–Kier alpha value is -2.54. The fourth-order valence-electron chi connectivity index (χ4n) is 3.20. The van der Waals surface area contributed by atoms with Gasteiger partial charge in [-0.3, -0.25) is 0 Å². The van der Waals surface area contributed by atoms with E-state index in [4.69, 9.17) is 15.1 Å². The van der Waals surface area contributed by atoms with Crippen LogP contribution in [0, 0.1) is 6.92 Å². The quantitative estimate of drug-likeness (QED) is 0.427. The molecule has 4 N–H and O–H groups in total. The van der Waals surface area contributed by atoms with Gasteiger partial charge in [0.15, 0.2) is 5.65 Å². The van der Waals surface area contributed by atoms with Crippen molar-refractivity contribution in [2.45, 2.75) is 58.9 Å². The van der Waals surface area contributed by atoms with Crippen molar-refractivity contribution < 1.29 is 4.42 Å². The summed E-state index contributed by atoms with van der Waals surface area (Å²) in [7, 11) is 0. The molecule has 0 aliphatic rings. The molecule has 0 aliphatic heterocycles. The van der Waals surface area contributed by atoms with Gasteiger partial charge in [-0.05, 0) is 44.4 Å². The minimum Gasteiger partial charge on any atom is -0.465 e. The number of anilines is 2. The Kier molecular flexibility index (Phi) is 6.92. The third kappa shape index (κ3) is 5.04. The second kappa shape index (κ2) is 9.59. The molecule has 0 aromatic carbocycles. The van der Waals surface area contributed by atoms with E-state index in [0.29, 0.717) is 12.5 Å². The van der Waals surface area contributed by atoms with Crippen molar-refractivity contribution in [2.75, 3.05) is 23.7 Å². The van der Waals surface area contributed by atoms with Crippen LogP contribution in [0.5, 0.6) is 0 Å². The predicted octanol–water partition coefficient (Wildman–Crippen LogP) is 4.30. The number of nitrogens with two attached hydrogens (primary N) is 1. The normalized spacial score (nSPS) is 11.5. The second-order valence-electron chi connectivity index (χ2n) is 7.51. The van der Waals surface area contributed by atoms with Gasteiger partial charge in [0.2, 0.25) is 0 Å². The van der Waals surface area contributed by atoms with Crippen molar-refractivity contribution in [1.29, 1.82) is 0 Å². The molecule has 0 saturated carbocycles. The van der Waals surface area contributed by atoms with Crippen LogP contribution in [0.25, 0.3) is 5.65 Å². The molecule has 0 spiro atoms. The molecule has 28 heavy (non-hydrogen) atoms. The lowest BCUT2D eigenvalue weighted by Crippen LogP contribution is -2.10. The Morgan fingerprint density at radius 2 is 1.96 bits per heavy atom. The molecule has 0 aliphatic carbocycles. The standard InChI is InChI=1S/C21H32N6O/c1-15(2)18-14-25-27-20(24-13-17-9-8-16(3)28-17)12-19(26-21(18)27)23-11-7-5-4-6-10-22/h8-9,12,14-15,24H,4-7,10-11,13,22H2,1-3H3,(H,23,26). The van der Waals surface area contributed by atoms with Crippen molar-refractivity contribution in [1.82, 2.24) is 14.6 Å². The number of unbranched alkanes of at least 4 members (excludes halogenated alkanes) is 3. The van der Waals surface area contributed by atoms with Crippen LogP contribution in [-0.4, -0.2) is 27.7 Å². The molecule has 3 aromatic heterocycles. The number of fused-ring (bicyclic) bond motifs is 1. The van der Waals surface area contributed by atoms with Crippen LogP contribution in [0.2, 0.25) is 0 Å². The van der Waals surface area contributed by atoms with E-state index in [1.807, 2.05) is 35.8 Å². The summed E-state index contributed by atoms with van der Waals surface area (Å²) in [5.74, 6) is 3.93. The summed E-state index contributed by atoms with van der Waals surface area (Å²) in [4.78, 5) is 4.82. The molecule has 0 atom stereocenters. The van der Waals surface area contributed by atoms with Gasteiger partial charge in [-0.1, -0.05) is 26.7 Å². The highest BCUT2D eigenvalue weighted by Crippen LogP contribution is 2.24. The summed E-state index contributed by atoms with van der Waals surface area (Å²) in [5, 5.41) is 11.5. The molecule has 0 radical (unpaired) electrons. The van der Waals surface area contributed by atoms with Gasteiger partial charge in [-0.2, -0.15) is 9.61 Å². The number of aromatic nitrogens is 3. The minimum atomic E-state index is 0.358. The summed E-state index contributed by atoms with van der Waals surface area (Å²) in [6.45, 7) is 8.54. The zero-order chi connectivity index (χ0) is 19.9. The topological polar surface area (TPSA) is 93.4 Å². The zero-order valence-corrected chi connectivity index (χ0v) is 17.2. The van der Waals surface area contributed by atoms with E-state index in [0.717, 1.165) is 60.3 Å². The summed E-state index contributed by atoms with van der Waals surface area (Å²) in [6.07, 6.45) is 6.47. The molecule has 3 heterocycles. The van der Waals surface area contributed by atoms with Gasteiger partial charge in [-0.15, -0.1) is 0 Å². The molecule has 0 saturated heterocycles. The van der Waals surface area contributed by atoms with Gasteiger partial charge in [0.1, 0.15) is 23.2 Å². The SMILES string of the molecule is Cc1ccc(CNc2cc(NCCCCCCN)nc3c(C(C)C)cnn23)o1. The van der Waals surface area contributed by atoms with Crippen LogP contribution < -0.4 is 16.4 Å². The van der Waals surface area contributed by atoms with E-state index < -0.39 is 0 Å². The highest BCUT2D eigenvalue weighted by molar-refractivity contribution is 5.60. The van der Waals surface area contributed by atoms with Gasteiger partial charge in [0, 0.05) is 18.2 Å². The maximum Gasteiger partial charge on any atom is 0.163 e. The van der Waals surface area contributed by atoms with E-state index in [1.165, 1.54) is 12.8 Å².